The molecule has 1 saturated heterocycles. The van der Waals surface area contributed by atoms with E-state index < -0.39 is 31.2 Å². The first-order valence-electron chi connectivity index (χ1n) is 6.74. The number of ether oxygens (including phenoxy) is 1. The summed E-state index contributed by atoms with van der Waals surface area (Å²) in [6.45, 7) is -1.85. The van der Waals surface area contributed by atoms with E-state index in [1.165, 1.54) is 18.2 Å². The Morgan fingerprint density at radius 2 is 2.04 bits per heavy atom. The molecule has 1 aliphatic rings. The van der Waals surface area contributed by atoms with Gasteiger partial charge in [-0.05, 0) is 47.2 Å². The lowest BCUT2D eigenvalue weighted by atomic mass is 10.1. The average molecular weight is 449 g/mol. The van der Waals surface area contributed by atoms with E-state index in [-0.39, 0.29) is 30.7 Å². The van der Waals surface area contributed by atoms with Crippen molar-refractivity contribution in [2.24, 2.45) is 0 Å². The molecule has 0 aromatic heterocycles. The molecule has 128 valence electrons. The van der Waals surface area contributed by atoms with Gasteiger partial charge in [-0.15, -0.1) is 0 Å². The standard InChI is InChI=1S/C14H13F5INO2/c15-13(16)4-1-5-21(7-13)12(22)9-2-3-11(10(20)6-9)23-8-14(17,18)19/h2-3,6H,1,4-5,7-8H2. The van der Waals surface area contributed by atoms with E-state index in [2.05, 4.69) is 4.74 Å². The molecule has 0 saturated carbocycles. The highest BCUT2D eigenvalue weighted by molar-refractivity contribution is 14.1. The summed E-state index contributed by atoms with van der Waals surface area (Å²) in [4.78, 5) is 13.3. The molecule has 0 N–H and O–H groups in total. The van der Waals surface area contributed by atoms with Crippen LogP contribution in [0.4, 0.5) is 22.0 Å². The predicted octanol–water partition coefficient (Wildman–Crippen LogP) is 4.10. The Bertz CT molecular complexity index is 591. The van der Waals surface area contributed by atoms with Crippen molar-refractivity contribution >= 4 is 28.5 Å². The fourth-order valence-electron chi connectivity index (χ4n) is 2.23. The lowest BCUT2D eigenvalue weighted by Gasteiger charge is -2.32. The van der Waals surface area contributed by atoms with Crippen LogP contribution in [-0.2, 0) is 0 Å². The molecule has 1 aromatic carbocycles. The Kier molecular flexibility index (Phi) is 5.37. The van der Waals surface area contributed by atoms with E-state index in [1.54, 1.807) is 22.6 Å². The van der Waals surface area contributed by atoms with Crippen molar-refractivity contribution in [3.05, 3.63) is 27.3 Å². The van der Waals surface area contributed by atoms with Crippen LogP contribution in [0.5, 0.6) is 5.75 Å². The van der Waals surface area contributed by atoms with Crippen LogP contribution in [0.2, 0.25) is 0 Å². The molecule has 1 aromatic rings. The Labute approximate surface area is 142 Å². The maximum atomic E-state index is 13.4. The topological polar surface area (TPSA) is 29.5 Å². The second-order valence-electron chi connectivity index (χ2n) is 5.24. The summed E-state index contributed by atoms with van der Waals surface area (Å²) >= 11 is 1.74. The maximum absolute atomic E-state index is 13.4. The Hall–Kier alpha value is -1.13. The van der Waals surface area contributed by atoms with Crippen molar-refractivity contribution in [3.63, 3.8) is 0 Å². The lowest BCUT2D eigenvalue weighted by Crippen LogP contribution is -2.45. The minimum Gasteiger partial charge on any atom is -0.483 e. The third-order valence-corrected chi connectivity index (χ3v) is 4.09. The summed E-state index contributed by atoms with van der Waals surface area (Å²) < 4.78 is 68.1. The Balaban J connectivity index is 2.09. The number of rotatable bonds is 3. The highest BCUT2D eigenvalue weighted by atomic mass is 127. The van der Waals surface area contributed by atoms with Crippen LogP contribution in [0.3, 0.4) is 0 Å². The normalized spacial score (nSPS) is 17.9. The van der Waals surface area contributed by atoms with Gasteiger partial charge in [0.25, 0.3) is 11.8 Å². The van der Waals surface area contributed by atoms with Crippen LogP contribution in [0.1, 0.15) is 23.2 Å². The van der Waals surface area contributed by atoms with Crippen LogP contribution in [0.25, 0.3) is 0 Å². The van der Waals surface area contributed by atoms with Crippen LogP contribution in [0.15, 0.2) is 18.2 Å². The zero-order valence-corrected chi connectivity index (χ0v) is 14.0. The van der Waals surface area contributed by atoms with Gasteiger partial charge in [0.15, 0.2) is 6.61 Å². The number of benzene rings is 1. The molecule has 0 radical (unpaired) electrons. The van der Waals surface area contributed by atoms with Gasteiger partial charge >= 0.3 is 6.18 Å². The van der Waals surface area contributed by atoms with Crippen molar-refractivity contribution in [2.75, 3.05) is 19.7 Å². The number of alkyl halides is 5. The molecule has 1 aliphatic heterocycles. The van der Waals surface area contributed by atoms with E-state index in [9.17, 15) is 26.7 Å². The molecular formula is C14H13F5INO2. The molecule has 0 aliphatic carbocycles. The van der Waals surface area contributed by atoms with Crippen LogP contribution in [-0.4, -0.2) is 42.6 Å². The van der Waals surface area contributed by atoms with Crippen LogP contribution < -0.4 is 4.74 Å². The molecule has 2 rings (SSSR count). The molecule has 1 fully saturated rings. The van der Waals surface area contributed by atoms with Gasteiger partial charge in [-0.3, -0.25) is 4.79 Å². The molecule has 0 bridgehead atoms. The monoisotopic (exact) mass is 449 g/mol. The SMILES string of the molecule is O=C(c1ccc(OCC(F)(F)F)c(I)c1)N1CCCC(F)(F)C1. The second-order valence-corrected chi connectivity index (χ2v) is 6.40. The maximum Gasteiger partial charge on any atom is 0.422 e. The van der Waals surface area contributed by atoms with Gasteiger partial charge in [0, 0.05) is 18.5 Å². The first-order chi connectivity index (χ1) is 10.6. The van der Waals surface area contributed by atoms with E-state index >= 15 is 0 Å². The highest BCUT2D eigenvalue weighted by Crippen LogP contribution is 2.29. The van der Waals surface area contributed by atoms with Gasteiger partial charge in [0.05, 0.1) is 10.1 Å². The molecule has 0 atom stereocenters. The summed E-state index contributed by atoms with van der Waals surface area (Å²) in [5.74, 6) is -3.48. The summed E-state index contributed by atoms with van der Waals surface area (Å²) in [5.41, 5.74) is 0.145. The molecule has 1 amide bonds. The quantitative estimate of drug-likeness (QED) is 0.514. The second kappa shape index (κ2) is 6.78. The number of hydrogen-bond acceptors (Lipinski definition) is 2. The predicted molar refractivity (Wildman–Crippen MR) is 80.8 cm³/mol. The third kappa shape index (κ3) is 5.18. The molecule has 0 spiro atoms. The number of likely N-dealkylation sites (tertiary alicyclic amines) is 1. The van der Waals surface area contributed by atoms with E-state index in [1.807, 2.05) is 0 Å². The zero-order chi connectivity index (χ0) is 17.3. The lowest BCUT2D eigenvalue weighted by molar-refractivity contribution is -0.153. The molecule has 1 heterocycles. The number of nitrogens with zero attached hydrogens (tertiary/aromatic N) is 1. The summed E-state index contributed by atoms with van der Waals surface area (Å²) in [6.07, 6.45) is -4.50. The highest BCUT2D eigenvalue weighted by Gasteiger charge is 2.37. The third-order valence-electron chi connectivity index (χ3n) is 3.25. The number of piperidine rings is 1. The van der Waals surface area contributed by atoms with E-state index in [4.69, 9.17) is 0 Å². The average Bonchev–Trinajstić information content (AvgIpc) is 2.43. The number of carbonyl (C=O) groups excluding carboxylic acids is 1. The first kappa shape index (κ1) is 18.2. The van der Waals surface area contributed by atoms with Crippen molar-refractivity contribution in [2.45, 2.75) is 24.9 Å². The van der Waals surface area contributed by atoms with Crippen molar-refractivity contribution < 1.29 is 31.5 Å². The number of hydrogen-bond donors (Lipinski definition) is 0. The number of amides is 1. The van der Waals surface area contributed by atoms with Gasteiger partial charge in [0.2, 0.25) is 0 Å². The van der Waals surface area contributed by atoms with E-state index in [0.717, 1.165) is 4.90 Å². The molecule has 0 unspecified atom stereocenters. The number of carbonyl (C=O) groups is 1. The van der Waals surface area contributed by atoms with Crippen molar-refractivity contribution in [1.29, 1.82) is 0 Å². The minimum absolute atomic E-state index is 0.0107. The minimum atomic E-state index is -4.46. The molecule has 23 heavy (non-hydrogen) atoms. The van der Waals surface area contributed by atoms with Gasteiger partial charge < -0.3 is 9.64 Å². The summed E-state index contributed by atoms with van der Waals surface area (Å²) in [5, 5.41) is 0. The molecule has 3 nitrogen and oxygen atoms in total. The number of halogens is 6. The van der Waals surface area contributed by atoms with Crippen molar-refractivity contribution in [1.82, 2.24) is 4.90 Å². The fraction of sp³-hybridized carbons (Fsp3) is 0.500. The summed E-state index contributed by atoms with van der Waals surface area (Å²) in [7, 11) is 0. The Morgan fingerprint density at radius 3 is 2.61 bits per heavy atom. The van der Waals surface area contributed by atoms with E-state index in [0.29, 0.717) is 3.57 Å². The van der Waals surface area contributed by atoms with Crippen LogP contribution >= 0.6 is 22.6 Å². The first-order valence-corrected chi connectivity index (χ1v) is 7.81. The fourth-order valence-corrected chi connectivity index (χ4v) is 2.90. The van der Waals surface area contributed by atoms with Crippen molar-refractivity contribution in [3.8, 4) is 5.75 Å². The molecular weight excluding hydrogens is 436 g/mol. The zero-order valence-electron chi connectivity index (χ0n) is 11.8. The molecule has 9 heteroatoms. The van der Waals surface area contributed by atoms with Crippen LogP contribution in [0, 0.1) is 3.57 Å². The summed E-state index contributed by atoms with van der Waals surface area (Å²) in [6, 6.07) is 3.85. The van der Waals surface area contributed by atoms with Gasteiger partial charge in [0.1, 0.15) is 5.75 Å². The van der Waals surface area contributed by atoms with Gasteiger partial charge in [-0.1, -0.05) is 0 Å². The van der Waals surface area contributed by atoms with Gasteiger partial charge in [-0.25, -0.2) is 8.78 Å². The smallest absolute Gasteiger partial charge is 0.422 e. The van der Waals surface area contributed by atoms with Gasteiger partial charge in [-0.2, -0.15) is 13.2 Å². The largest absolute Gasteiger partial charge is 0.483 e. The Morgan fingerprint density at radius 1 is 1.35 bits per heavy atom.